The van der Waals surface area contributed by atoms with Crippen LogP contribution in [0, 0.1) is 28.6 Å². The summed E-state index contributed by atoms with van der Waals surface area (Å²) in [6.45, 7) is 6.98. The van der Waals surface area contributed by atoms with E-state index >= 15 is 0 Å². The summed E-state index contributed by atoms with van der Waals surface area (Å²) in [7, 11) is 0. The fourth-order valence-corrected chi connectivity index (χ4v) is 7.09. The topological polar surface area (TPSA) is 40.5 Å². The van der Waals surface area contributed by atoms with Gasteiger partial charge in [-0.3, -0.25) is 0 Å². The highest BCUT2D eigenvalue weighted by molar-refractivity contribution is 5.31. The van der Waals surface area contributed by atoms with Gasteiger partial charge in [0.25, 0.3) is 0 Å². The van der Waals surface area contributed by atoms with Crippen LogP contribution in [-0.4, -0.2) is 22.4 Å². The van der Waals surface area contributed by atoms with E-state index in [2.05, 4.69) is 32.9 Å². The third kappa shape index (κ3) is 2.07. The first-order chi connectivity index (χ1) is 10.9. The zero-order chi connectivity index (χ0) is 16.4. The molecule has 3 fully saturated rings. The summed E-state index contributed by atoms with van der Waals surface area (Å²) in [6, 6.07) is 0. The second-order valence-electron chi connectivity index (χ2n) is 9.08. The zero-order valence-electron chi connectivity index (χ0n) is 14.9. The van der Waals surface area contributed by atoms with Gasteiger partial charge < -0.3 is 10.2 Å². The average Bonchev–Trinajstić information content (AvgIpc) is 2.77. The van der Waals surface area contributed by atoms with Gasteiger partial charge in [0.2, 0.25) is 0 Å². The molecular formula is C21H32O2. The van der Waals surface area contributed by atoms with E-state index in [9.17, 15) is 10.2 Å². The van der Waals surface area contributed by atoms with Crippen LogP contribution in [0.2, 0.25) is 0 Å². The lowest BCUT2D eigenvalue weighted by molar-refractivity contribution is -0.0325. The predicted octanol–water partition coefficient (Wildman–Crippen LogP) is 4.23. The van der Waals surface area contributed by atoms with Crippen molar-refractivity contribution in [1.29, 1.82) is 0 Å². The van der Waals surface area contributed by atoms with Gasteiger partial charge in [-0.1, -0.05) is 31.6 Å². The van der Waals surface area contributed by atoms with Crippen molar-refractivity contribution in [2.24, 2.45) is 28.6 Å². The van der Waals surface area contributed by atoms with Crippen LogP contribution >= 0.6 is 0 Å². The first kappa shape index (κ1) is 15.9. The zero-order valence-corrected chi connectivity index (χ0v) is 14.9. The Labute approximate surface area is 140 Å². The van der Waals surface area contributed by atoms with E-state index in [1.165, 1.54) is 30.4 Å². The number of allylic oxidation sites excluding steroid dienone is 2. The lowest BCUT2D eigenvalue weighted by Crippen LogP contribution is -2.49. The molecule has 0 saturated heterocycles. The van der Waals surface area contributed by atoms with Gasteiger partial charge in [-0.25, -0.2) is 0 Å². The molecule has 2 heteroatoms. The van der Waals surface area contributed by atoms with Gasteiger partial charge in [0, 0.05) is 0 Å². The molecule has 0 aromatic rings. The highest BCUT2D eigenvalue weighted by Crippen LogP contribution is 2.66. The summed E-state index contributed by atoms with van der Waals surface area (Å²) in [5.41, 5.74) is 3.37. The van der Waals surface area contributed by atoms with E-state index in [0.29, 0.717) is 11.3 Å². The first-order valence-electron chi connectivity index (χ1n) is 9.64. The van der Waals surface area contributed by atoms with Crippen LogP contribution in [0.1, 0.15) is 65.7 Å². The molecule has 0 bridgehead atoms. The third-order valence-corrected chi connectivity index (χ3v) is 8.29. The third-order valence-electron chi connectivity index (χ3n) is 8.29. The van der Waals surface area contributed by atoms with Gasteiger partial charge >= 0.3 is 0 Å². The maximum Gasteiger partial charge on any atom is 0.0758 e. The Morgan fingerprint density at radius 2 is 1.78 bits per heavy atom. The molecule has 7 atom stereocenters. The monoisotopic (exact) mass is 316 g/mol. The van der Waals surface area contributed by atoms with Crippen molar-refractivity contribution in [3.63, 3.8) is 0 Å². The van der Waals surface area contributed by atoms with Gasteiger partial charge in [0.05, 0.1) is 12.2 Å². The highest BCUT2D eigenvalue weighted by atomic mass is 16.3. The maximum absolute atomic E-state index is 10.6. The Morgan fingerprint density at radius 1 is 1.04 bits per heavy atom. The number of fused-ring (bicyclic) bond motifs is 5. The molecular weight excluding hydrogens is 284 g/mol. The van der Waals surface area contributed by atoms with E-state index in [1.807, 2.05) is 0 Å². The molecule has 0 heterocycles. The smallest absolute Gasteiger partial charge is 0.0758 e. The van der Waals surface area contributed by atoms with E-state index in [1.54, 1.807) is 0 Å². The van der Waals surface area contributed by atoms with Crippen LogP contribution in [0.4, 0.5) is 0 Å². The van der Waals surface area contributed by atoms with Crippen LogP contribution in [0.15, 0.2) is 23.3 Å². The summed E-state index contributed by atoms with van der Waals surface area (Å²) >= 11 is 0. The number of rotatable bonds is 0. The van der Waals surface area contributed by atoms with Crippen molar-refractivity contribution in [3.8, 4) is 0 Å². The number of aliphatic hydroxyl groups excluding tert-OH is 2. The fraction of sp³-hybridized carbons (Fsp3) is 0.810. The highest BCUT2D eigenvalue weighted by Gasteiger charge is 2.59. The lowest BCUT2D eigenvalue weighted by atomic mass is 9.47. The van der Waals surface area contributed by atoms with Gasteiger partial charge in [0.1, 0.15) is 0 Å². The van der Waals surface area contributed by atoms with Gasteiger partial charge in [-0.05, 0) is 86.0 Å². The minimum Gasteiger partial charge on any atom is -0.389 e. The summed E-state index contributed by atoms with van der Waals surface area (Å²) < 4.78 is 0. The summed E-state index contributed by atoms with van der Waals surface area (Å²) in [4.78, 5) is 0. The molecule has 2 nitrogen and oxygen atoms in total. The summed E-state index contributed by atoms with van der Waals surface area (Å²) in [5.74, 6) is 2.14. The van der Waals surface area contributed by atoms with Crippen molar-refractivity contribution in [2.45, 2.75) is 77.9 Å². The van der Waals surface area contributed by atoms with Crippen molar-refractivity contribution < 1.29 is 10.2 Å². The van der Waals surface area contributed by atoms with E-state index in [4.69, 9.17) is 0 Å². The molecule has 0 unspecified atom stereocenters. The van der Waals surface area contributed by atoms with Crippen molar-refractivity contribution >= 4 is 0 Å². The van der Waals surface area contributed by atoms with E-state index in [-0.39, 0.29) is 17.6 Å². The molecule has 4 aliphatic carbocycles. The van der Waals surface area contributed by atoms with Gasteiger partial charge in [0.15, 0.2) is 0 Å². The summed E-state index contributed by atoms with van der Waals surface area (Å²) in [5, 5.41) is 20.6. The Morgan fingerprint density at radius 3 is 2.52 bits per heavy atom. The molecule has 4 aliphatic rings. The molecule has 0 aliphatic heterocycles. The molecule has 0 amide bonds. The van der Waals surface area contributed by atoms with Crippen molar-refractivity contribution in [2.75, 3.05) is 0 Å². The Hall–Kier alpha value is -0.600. The molecule has 23 heavy (non-hydrogen) atoms. The molecule has 2 N–H and O–H groups in total. The average molecular weight is 316 g/mol. The Balaban J connectivity index is 1.69. The van der Waals surface area contributed by atoms with Crippen LogP contribution in [0.3, 0.4) is 0 Å². The molecule has 4 rings (SSSR count). The van der Waals surface area contributed by atoms with Crippen LogP contribution in [0.25, 0.3) is 0 Å². The number of hydrogen-bond acceptors (Lipinski definition) is 2. The minimum absolute atomic E-state index is 0.216. The molecule has 0 radical (unpaired) electrons. The molecule has 0 aromatic heterocycles. The molecule has 128 valence electrons. The lowest BCUT2D eigenvalue weighted by Gasteiger charge is -2.57. The fourth-order valence-electron chi connectivity index (χ4n) is 7.09. The van der Waals surface area contributed by atoms with Gasteiger partial charge in [-0.15, -0.1) is 0 Å². The molecule has 0 aromatic carbocycles. The maximum atomic E-state index is 10.6. The molecule has 0 spiro atoms. The minimum atomic E-state index is -0.216. The Kier molecular flexibility index (Phi) is 3.59. The van der Waals surface area contributed by atoms with Crippen molar-refractivity contribution in [1.82, 2.24) is 0 Å². The van der Waals surface area contributed by atoms with Crippen LogP contribution < -0.4 is 0 Å². The second-order valence-corrected chi connectivity index (χ2v) is 9.08. The predicted molar refractivity (Wildman–Crippen MR) is 92.9 cm³/mol. The van der Waals surface area contributed by atoms with Crippen LogP contribution in [-0.2, 0) is 0 Å². The van der Waals surface area contributed by atoms with Crippen LogP contribution in [0.5, 0.6) is 0 Å². The normalized spacial score (nSPS) is 54.2. The Bertz CT molecular complexity index is 562. The molecule has 3 saturated carbocycles. The quantitative estimate of drug-likeness (QED) is 0.657. The van der Waals surface area contributed by atoms with E-state index in [0.717, 1.165) is 37.5 Å². The number of hydrogen-bond donors (Lipinski definition) is 2. The second kappa shape index (κ2) is 5.20. The standard InChI is InChI=1S/C21H32O2/c1-4-16-19(23)12-18-15-6-5-13-11-14(22)7-9-20(13,2)17(15)8-10-21(16,18)3/h4,11,14-15,17-19,22-23H,5-10,12H2,1-3H3/t14-,15+,17-,18-,19+,20-,21+/m0/s1. The van der Waals surface area contributed by atoms with E-state index < -0.39 is 0 Å². The SMILES string of the molecule is CC=C1[C@H](O)C[C@H]2[C@@H]3CCC4=C[C@@H](O)CC[C@]4(C)[C@H]3CC[C@]12C. The first-order valence-corrected chi connectivity index (χ1v) is 9.64. The summed E-state index contributed by atoms with van der Waals surface area (Å²) in [6.07, 6.45) is 11.9. The van der Waals surface area contributed by atoms with Gasteiger partial charge in [-0.2, -0.15) is 0 Å². The van der Waals surface area contributed by atoms with Crippen molar-refractivity contribution in [3.05, 3.63) is 23.3 Å². The largest absolute Gasteiger partial charge is 0.389 e. The number of aliphatic hydroxyl groups is 2.